The molecule has 0 amide bonds. The van der Waals surface area contributed by atoms with Crippen LogP contribution in [0.2, 0.25) is 0 Å². The average molecular weight is 396 g/mol. The minimum absolute atomic E-state index is 0.0872. The highest BCUT2D eigenvalue weighted by Crippen LogP contribution is 2.38. The maximum absolute atomic E-state index is 12.7. The van der Waals surface area contributed by atoms with E-state index in [0.29, 0.717) is 30.8 Å². The van der Waals surface area contributed by atoms with Crippen LogP contribution in [0.25, 0.3) is 0 Å². The number of rotatable bonds is 7. The van der Waals surface area contributed by atoms with Gasteiger partial charge in [0.2, 0.25) is 0 Å². The third kappa shape index (κ3) is 4.31. The van der Waals surface area contributed by atoms with Crippen molar-refractivity contribution in [3.63, 3.8) is 0 Å². The molecule has 1 fully saturated rings. The van der Waals surface area contributed by atoms with Gasteiger partial charge in [0, 0.05) is 31.7 Å². The van der Waals surface area contributed by atoms with E-state index < -0.39 is 10.2 Å². The second-order valence-electron chi connectivity index (χ2n) is 7.79. The Morgan fingerprint density at radius 1 is 1.22 bits per heavy atom. The van der Waals surface area contributed by atoms with Crippen molar-refractivity contribution in [1.82, 2.24) is 13.9 Å². The molecule has 1 saturated heterocycles. The summed E-state index contributed by atoms with van der Waals surface area (Å²) < 4.78 is 29.8. The molecule has 0 bridgehead atoms. The molecule has 2 aliphatic rings. The zero-order valence-corrected chi connectivity index (χ0v) is 17.5. The Balaban J connectivity index is 1.81. The molecule has 7 heteroatoms. The Hall–Kier alpha value is -1.15. The summed E-state index contributed by atoms with van der Waals surface area (Å²) in [5, 5.41) is 10.3. The summed E-state index contributed by atoms with van der Waals surface area (Å²) in [7, 11) is -3.46. The van der Waals surface area contributed by atoms with E-state index in [1.807, 2.05) is 19.9 Å². The van der Waals surface area contributed by atoms with E-state index in [1.165, 1.54) is 9.87 Å². The second-order valence-corrected chi connectivity index (χ2v) is 9.49. The molecule has 152 valence electrons. The lowest BCUT2D eigenvalue weighted by Gasteiger charge is -2.47. The van der Waals surface area contributed by atoms with Crippen molar-refractivity contribution in [2.24, 2.45) is 5.92 Å². The lowest BCUT2D eigenvalue weighted by Crippen LogP contribution is -2.59. The van der Waals surface area contributed by atoms with Gasteiger partial charge in [-0.25, -0.2) is 0 Å². The van der Waals surface area contributed by atoms with E-state index in [9.17, 15) is 13.5 Å². The number of fused-ring (bicyclic) bond motifs is 2. The van der Waals surface area contributed by atoms with Gasteiger partial charge in [0.15, 0.2) is 0 Å². The largest absolute Gasteiger partial charge is 0.508 e. The van der Waals surface area contributed by atoms with Crippen LogP contribution in [0.1, 0.15) is 44.7 Å². The molecule has 1 aromatic carbocycles. The van der Waals surface area contributed by atoms with Crippen LogP contribution in [0.5, 0.6) is 5.75 Å². The van der Waals surface area contributed by atoms with Crippen LogP contribution in [0.4, 0.5) is 0 Å². The van der Waals surface area contributed by atoms with E-state index in [0.717, 1.165) is 44.3 Å². The SMILES string of the molecule is CCCN1C[C@@H](NS(=O)(=O)N(CC)CC)CC2Cc3c(O)cccc3C[C@H]21. The molecule has 1 unspecified atom stereocenters. The first-order valence-electron chi connectivity index (χ1n) is 10.2. The van der Waals surface area contributed by atoms with Crippen molar-refractivity contribution in [2.45, 2.75) is 58.5 Å². The first-order valence-corrected chi connectivity index (χ1v) is 11.6. The maximum Gasteiger partial charge on any atom is 0.279 e. The number of hydrogen-bond acceptors (Lipinski definition) is 4. The number of phenolic OH excluding ortho intramolecular Hbond substituents is 1. The Labute approximate surface area is 163 Å². The molecule has 1 aliphatic carbocycles. The number of hydrogen-bond donors (Lipinski definition) is 2. The number of benzene rings is 1. The van der Waals surface area contributed by atoms with Crippen LogP contribution in [-0.4, -0.2) is 61.0 Å². The lowest BCUT2D eigenvalue weighted by atomic mass is 9.74. The van der Waals surface area contributed by atoms with Gasteiger partial charge in [-0.2, -0.15) is 17.4 Å². The van der Waals surface area contributed by atoms with E-state index >= 15 is 0 Å². The van der Waals surface area contributed by atoms with Crippen molar-refractivity contribution >= 4 is 10.2 Å². The summed E-state index contributed by atoms with van der Waals surface area (Å²) in [5.74, 6) is 0.731. The number of piperidine rings is 1. The van der Waals surface area contributed by atoms with Gasteiger partial charge in [0.05, 0.1) is 0 Å². The van der Waals surface area contributed by atoms with Crippen LogP contribution < -0.4 is 4.72 Å². The summed E-state index contributed by atoms with van der Waals surface area (Å²) in [5.41, 5.74) is 2.28. The van der Waals surface area contributed by atoms with Gasteiger partial charge in [-0.15, -0.1) is 0 Å². The molecule has 0 aromatic heterocycles. The quantitative estimate of drug-likeness (QED) is 0.742. The Bertz CT molecular complexity index is 749. The van der Waals surface area contributed by atoms with Gasteiger partial charge in [-0.3, -0.25) is 4.90 Å². The minimum Gasteiger partial charge on any atom is -0.508 e. The Kier molecular flexibility index (Phi) is 6.46. The van der Waals surface area contributed by atoms with Gasteiger partial charge in [-0.1, -0.05) is 32.9 Å². The zero-order valence-electron chi connectivity index (χ0n) is 16.7. The average Bonchev–Trinajstić information content (AvgIpc) is 2.62. The normalized spacial score (nSPS) is 26.0. The molecular formula is C20H33N3O3S. The van der Waals surface area contributed by atoms with Gasteiger partial charge in [-0.05, 0) is 55.3 Å². The lowest BCUT2D eigenvalue weighted by molar-refractivity contribution is 0.0679. The van der Waals surface area contributed by atoms with Crippen molar-refractivity contribution in [1.29, 1.82) is 0 Å². The van der Waals surface area contributed by atoms with Crippen LogP contribution in [0.15, 0.2) is 18.2 Å². The zero-order chi connectivity index (χ0) is 19.6. The summed E-state index contributed by atoms with van der Waals surface area (Å²) in [6.07, 6.45) is 3.62. The number of aromatic hydroxyl groups is 1. The molecule has 6 nitrogen and oxygen atoms in total. The molecule has 2 N–H and O–H groups in total. The van der Waals surface area contributed by atoms with Crippen LogP contribution in [-0.2, 0) is 23.1 Å². The molecule has 1 heterocycles. The van der Waals surface area contributed by atoms with Crippen molar-refractivity contribution in [3.05, 3.63) is 29.3 Å². The maximum atomic E-state index is 12.7. The summed E-state index contributed by atoms with van der Waals surface area (Å²) >= 11 is 0. The van der Waals surface area contributed by atoms with Gasteiger partial charge in [0.1, 0.15) is 5.75 Å². The van der Waals surface area contributed by atoms with Gasteiger partial charge < -0.3 is 5.11 Å². The van der Waals surface area contributed by atoms with Crippen molar-refractivity contribution in [2.75, 3.05) is 26.2 Å². The first kappa shape index (κ1) is 20.6. The number of nitrogens with zero attached hydrogens (tertiary/aromatic N) is 2. The van der Waals surface area contributed by atoms with Crippen molar-refractivity contribution in [3.8, 4) is 5.75 Å². The van der Waals surface area contributed by atoms with Crippen LogP contribution >= 0.6 is 0 Å². The number of phenols is 1. The molecule has 0 saturated carbocycles. The molecule has 3 rings (SSSR count). The molecule has 1 aromatic rings. The van der Waals surface area contributed by atoms with E-state index in [4.69, 9.17) is 0 Å². The molecule has 0 radical (unpaired) electrons. The Morgan fingerprint density at radius 3 is 2.63 bits per heavy atom. The smallest absolute Gasteiger partial charge is 0.279 e. The Morgan fingerprint density at radius 2 is 1.96 bits per heavy atom. The van der Waals surface area contributed by atoms with E-state index in [1.54, 1.807) is 6.07 Å². The molecule has 1 aliphatic heterocycles. The predicted molar refractivity (Wildman–Crippen MR) is 108 cm³/mol. The van der Waals surface area contributed by atoms with Gasteiger partial charge in [0.25, 0.3) is 10.2 Å². The summed E-state index contributed by atoms with van der Waals surface area (Å²) in [6.45, 7) is 8.58. The molecule has 27 heavy (non-hydrogen) atoms. The first-order chi connectivity index (χ1) is 12.9. The predicted octanol–water partition coefficient (Wildman–Crippen LogP) is 2.14. The van der Waals surface area contributed by atoms with Gasteiger partial charge >= 0.3 is 0 Å². The topological polar surface area (TPSA) is 72.9 Å². The third-order valence-corrected chi connectivity index (χ3v) is 7.90. The highest BCUT2D eigenvalue weighted by atomic mass is 32.2. The third-order valence-electron chi connectivity index (χ3n) is 6.07. The fraction of sp³-hybridized carbons (Fsp3) is 0.700. The van der Waals surface area contributed by atoms with Crippen molar-refractivity contribution < 1.29 is 13.5 Å². The fourth-order valence-electron chi connectivity index (χ4n) is 4.84. The highest BCUT2D eigenvalue weighted by Gasteiger charge is 2.40. The fourth-order valence-corrected chi connectivity index (χ4v) is 6.26. The molecule has 0 spiro atoms. The summed E-state index contributed by atoms with van der Waals surface area (Å²) in [4.78, 5) is 2.45. The minimum atomic E-state index is -3.46. The molecular weight excluding hydrogens is 362 g/mol. The molecule has 3 atom stereocenters. The second kappa shape index (κ2) is 8.47. The van der Waals surface area contributed by atoms with Crippen LogP contribution in [0, 0.1) is 5.92 Å². The summed E-state index contributed by atoms with van der Waals surface area (Å²) in [6, 6.07) is 6.13. The van der Waals surface area contributed by atoms with E-state index in [2.05, 4.69) is 22.6 Å². The number of nitrogens with one attached hydrogen (secondary N) is 1. The monoisotopic (exact) mass is 395 g/mol. The van der Waals surface area contributed by atoms with Crippen LogP contribution in [0.3, 0.4) is 0 Å². The standard InChI is InChI=1S/C20H33N3O3S/c1-4-10-22-14-17(21-27(25,26)23(5-2)6-3)11-16-12-18-15(13-19(16)22)8-7-9-20(18)24/h7-9,16-17,19,21,24H,4-6,10-14H2,1-3H3/t16?,17-,19+/m0/s1. The highest BCUT2D eigenvalue weighted by molar-refractivity contribution is 7.87. The van der Waals surface area contributed by atoms with E-state index in [-0.39, 0.29) is 6.04 Å². The number of likely N-dealkylation sites (tertiary alicyclic amines) is 1.